The first-order chi connectivity index (χ1) is 46.0. The van der Waals surface area contributed by atoms with Crippen molar-refractivity contribution in [1.82, 2.24) is 0 Å². The van der Waals surface area contributed by atoms with Crippen LogP contribution in [-0.2, 0) is 28.6 Å². The Bertz CT molecular complexity index is 4730. The summed E-state index contributed by atoms with van der Waals surface area (Å²) in [7, 11) is 0. The maximum absolute atomic E-state index is 13.6. The summed E-state index contributed by atoms with van der Waals surface area (Å²) < 4.78 is 32.0. The number of hydrogen-bond acceptors (Lipinski definition) is 18. The summed E-state index contributed by atoms with van der Waals surface area (Å²) in [6.07, 6.45) is 7.21. The standard InChI is InChI=1S/2C26H20O5S.C25H18O5S/c2*1-16-3-9-21(17(2)13-16)25(29)26-24(22-10-6-19(28)14-23(22)32-26)18-4-7-20(8-5-18)31-12-11-30-15-27;1-16-4-2-3-5-20(16)24(28)25-23(21-11-8-18(27)14-22(21)31-25)17-6-9-19(10-7-17)30-13-12-29-15-26/h2*3-15,28H,1-2H3;2-15,27H,1H3/b2*12-11+;13-12+. The zero-order valence-corrected chi connectivity index (χ0v) is 54.0. The Morgan fingerprint density at radius 3 is 0.937 bits per heavy atom. The van der Waals surface area contributed by atoms with Gasteiger partial charge in [-0.2, -0.15) is 0 Å². The van der Waals surface area contributed by atoms with Crippen LogP contribution in [0.1, 0.15) is 73.5 Å². The van der Waals surface area contributed by atoms with Crippen LogP contribution in [0.3, 0.4) is 0 Å². The van der Waals surface area contributed by atoms with Crippen molar-refractivity contribution in [3.63, 3.8) is 0 Å². The van der Waals surface area contributed by atoms with Crippen LogP contribution in [0, 0.1) is 34.6 Å². The number of aromatic hydroxyl groups is 3. The number of hydrogen-bond donors (Lipinski definition) is 3. The number of benzene rings is 9. The number of phenolic OH excluding ortho intramolecular Hbond substituents is 3. The summed E-state index contributed by atoms with van der Waals surface area (Å²) in [4.78, 5) is 73.0. The van der Waals surface area contributed by atoms with Crippen LogP contribution in [0.5, 0.6) is 34.5 Å². The second-order valence-electron chi connectivity index (χ2n) is 21.3. The maximum Gasteiger partial charge on any atom is 0.298 e. The molecule has 0 saturated carbocycles. The van der Waals surface area contributed by atoms with Gasteiger partial charge in [0.05, 0.1) is 14.6 Å². The van der Waals surface area contributed by atoms with Crippen molar-refractivity contribution >= 4 is 101 Å². The Hall–Kier alpha value is -11.7. The average Bonchev–Trinajstić information content (AvgIpc) is 1.65. The molecule has 0 aliphatic carbocycles. The molecule has 0 fully saturated rings. The molecule has 0 aliphatic heterocycles. The third-order valence-corrected chi connectivity index (χ3v) is 18.3. The van der Waals surface area contributed by atoms with Gasteiger partial charge in [-0.05, 0) is 159 Å². The number of phenols is 3. The van der Waals surface area contributed by atoms with Gasteiger partial charge in [-0.25, -0.2) is 0 Å². The highest BCUT2D eigenvalue weighted by atomic mass is 32.1. The summed E-state index contributed by atoms with van der Waals surface area (Å²) in [6.45, 7) is 10.7. The smallest absolute Gasteiger partial charge is 0.298 e. The average molecular weight is 1320 g/mol. The minimum atomic E-state index is -0.0527. The summed E-state index contributed by atoms with van der Waals surface area (Å²) in [5.74, 6) is 1.98. The Kier molecular flexibility index (Phi) is 21.3. The highest BCUT2D eigenvalue weighted by Crippen LogP contribution is 2.45. The van der Waals surface area contributed by atoms with Gasteiger partial charge in [0.2, 0.25) is 17.3 Å². The molecule has 0 amide bonds. The Morgan fingerprint density at radius 2 is 0.642 bits per heavy atom. The maximum atomic E-state index is 13.6. The van der Waals surface area contributed by atoms with Crippen molar-refractivity contribution in [3.05, 3.63) is 285 Å². The number of aryl methyl sites for hydroxylation is 5. The molecular formula is C77H58O15S3. The fourth-order valence-corrected chi connectivity index (χ4v) is 14.2. The van der Waals surface area contributed by atoms with E-state index < -0.39 is 0 Å². The second kappa shape index (κ2) is 30.6. The fourth-order valence-electron chi connectivity index (χ4n) is 10.5. The molecule has 3 heterocycles. The molecular weight excluding hydrogens is 1260 g/mol. The number of carbonyl (C=O) groups excluding carboxylic acids is 6. The van der Waals surface area contributed by atoms with Crippen molar-refractivity contribution in [1.29, 1.82) is 0 Å². The molecule has 12 rings (SSSR count). The largest absolute Gasteiger partial charge is 0.508 e. The molecule has 474 valence electrons. The predicted molar refractivity (Wildman–Crippen MR) is 371 cm³/mol. The molecule has 0 bridgehead atoms. The van der Waals surface area contributed by atoms with Gasteiger partial charge in [0.15, 0.2) is 0 Å². The van der Waals surface area contributed by atoms with Gasteiger partial charge in [0, 0.05) is 63.6 Å². The molecule has 15 nitrogen and oxygen atoms in total. The van der Waals surface area contributed by atoms with E-state index >= 15 is 0 Å². The van der Waals surface area contributed by atoms with Crippen LogP contribution in [-0.4, -0.2) is 52.1 Å². The third kappa shape index (κ3) is 15.6. The lowest BCUT2D eigenvalue weighted by molar-refractivity contribution is -0.124. The molecule has 3 aromatic heterocycles. The van der Waals surface area contributed by atoms with Gasteiger partial charge in [0.25, 0.3) is 19.4 Å². The van der Waals surface area contributed by atoms with Crippen molar-refractivity contribution in [3.8, 4) is 67.9 Å². The van der Waals surface area contributed by atoms with Crippen molar-refractivity contribution in [2.24, 2.45) is 0 Å². The number of ether oxygens (including phenoxy) is 6. The van der Waals surface area contributed by atoms with Gasteiger partial charge in [-0.1, -0.05) is 108 Å². The molecule has 0 spiro atoms. The van der Waals surface area contributed by atoms with Crippen LogP contribution in [0.25, 0.3) is 63.6 Å². The first-order valence-electron chi connectivity index (χ1n) is 29.2. The van der Waals surface area contributed by atoms with Gasteiger partial charge < -0.3 is 43.7 Å². The van der Waals surface area contributed by atoms with Crippen LogP contribution in [0.2, 0.25) is 0 Å². The number of rotatable bonds is 21. The van der Waals surface area contributed by atoms with E-state index in [0.29, 0.717) is 68.0 Å². The van der Waals surface area contributed by atoms with Crippen LogP contribution >= 0.6 is 34.0 Å². The molecule has 95 heavy (non-hydrogen) atoms. The van der Waals surface area contributed by atoms with Crippen LogP contribution in [0.4, 0.5) is 0 Å². The lowest BCUT2D eigenvalue weighted by Crippen LogP contribution is -2.03. The molecule has 18 heteroatoms. The predicted octanol–water partition coefficient (Wildman–Crippen LogP) is 18.1. The van der Waals surface area contributed by atoms with Gasteiger partial charge in [0.1, 0.15) is 72.1 Å². The second-order valence-corrected chi connectivity index (χ2v) is 24.5. The summed E-state index contributed by atoms with van der Waals surface area (Å²) >= 11 is 4.11. The number of thiophene rings is 3. The topological polar surface area (TPSA) is 218 Å². The number of fused-ring (bicyclic) bond motifs is 3. The van der Waals surface area contributed by atoms with E-state index in [2.05, 4.69) is 14.2 Å². The summed E-state index contributed by atoms with van der Waals surface area (Å²) in [5, 5.41) is 32.5. The molecule has 12 aromatic rings. The molecule has 0 aliphatic rings. The molecule has 3 N–H and O–H groups in total. The molecule has 9 aromatic carbocycles. The minimum absolute atomic E-state index is 0.0486. The highest BCUT2D eigenvalue weighted by Gasteiger charge is 2.26. The van der Waals surface area contributed by atoms with E-state index in [9.17, 15) is 44.1 Å². The van der Waals surface area contributed by atoms with Gasteiger partial charge in [-0.3, -0.25) is 28.8 Å². The van der Waals surface area contributed by atoms with Crippen molar-refractivity contribution < 1.29 is 72.5 Å². The monoisotopic (exact) mass is 1320 g/mol. The normalized spacial score (nSPS) is 11.0. The number of ketones is 3. The zero-order valence-electron chi connectivity index (χ0n) is 51.6. The quantitative estimate of drug-likeness (QED) is 0.0264. The lowest BCUT2D eigenvalue weighted by Gasteiger charge is -2.09. The first-order valence-corrected chi connectivity index (χ1v) is 31.6. The molecule has 0 radical (unpaired) electrons. The van der Waals surface area contributed by atoms with E-state index in [0.717, 1.165) is 110 Å². The van der Waals surface area contributed by atoms with Gasteiger partial charge in [-0.15, -0.1) is 34.0 Å². The van der Waals surface area contributed by atoms with Crippen molar-refractivity contribution in [2.45, 2.75) is 34.6 Å². The first kappa shape index (κ1) is 66.2. The minimum Gasteiger partial charge on any atom is -0.508 e. The summed E-state index contributed by atoms with van der Waals surface area (Å²) in [5.41, 5.74) is 12.0. The number of carbonyl (C=O) groups is 6. The molecule has 0 unspecified atom stereocenters. The lowest BCUT2D eigenvalue weighted by atomic mass is 9.95. The molecule has 0 saturated heterocycles. The van der Waals surface area contributed by atoms with E-state index in [1.807, 2.05) is 150 Å². The van der Waals surface area contributed by atoms with E-state index in [4.69, 9.17) is 14.2 Å². The highest BCUT2D eigenvalue weighted by molar-refractivity contribution is 7.22. The molecule has 0 atom stereocenters. The Balaban J connectivity index is 0.000000155. The Morgan fingerprint density at radius 1 is 0.337 bits per heavy atom. The third-order valence-electron chi connectivity index (χ3n) is 14.9. The zero-order chi connectivity index (χ0) is 67.1. The van der Waals surface area contributed by atoms with E-state index in [1.165, 1.54) is 52.8 Å². The van der Waals surface area contributed by atoms with Crippen LogP contribution < -0.4 is 14.2 Å². The van der Waals surface area contributed by atoms with Crippen molar-refractivity contribution in [2.75, 3.05) is 0 Å². The van der Waals surface area contributed by atoms with E-state index in [-0.39, 0.29) is 34.6 Å². The summed E-state index contributed by atoms with van der Waals surface area (Å²) in [6, 6.07) is 56.4. The van der Waals surface area contributed by atoms with E-state index in [1.54, 1.807) is 72.8 Å². The van der Waals surface area contributed by atoms with Crippen LogP contribution in [0.15, 0.2) is 226 Å². The van der Waals surface area contributed by atoms with Gasteiger partial charge >= 0.3 is 0 Å². The Labute approximate surface area is 557 Å². The SMILES string of the molecule is Cc1ccc(C(=O)c2sc3cc(O)ccc3c2-c2ccc(O/C=C/OC=O)cc2)c(C)c1.Cc1ccc(C(=O)c2sc3cc(O)ccc3c2-c2ccc(O/C=C/OC=O)cc2)c(C)c1.Cc1ccccc1C(=O)c1sc2cc(O)ccc2c1-c1ccc(O/C=C/OC=O)cc1. The fraction of sp³-hybridized carbons (Fsp3) is 0.0649.